The second-order valence-electron chi connectivity index (χ2n) is 6.22. The zero-order valence-corrected chi connectivity index (χ0v) is 13.0. The second-order valence-corrected chi connectivity index (χ2v) is 6.22. The van der Waals surface area contributed by atoms with Crippen molar-refractivity contribution < 1.29 is 23.8 Å². The lowest BCUT2D eigenvalue weighted by atomic mass is 10.0. The van der Waals surface area contributed by atoms with Crippen molar-refractivity contribution in [3.05, 3.63) is 0 Å². The van der Waals surface area contributed by atoms with E-state index in [-0.39, 0.29) is 18.0 Å². The molecule has 0 aromatic heterocycles. The van der Waals surface area contributed by atoms with Crippen molar-refractivity contribution in [2.24, 2.45) is 0 Å². The fraction of sp³-hybridized carbons (Fsp3) is 0.857. The van der Waals surface area contributed by atoms with Crippen LogP contribution in [0.5, 0.6) is 0 Å². The minimum Gasteiger partial charge on any atom is -0.376 e. The Labute approximate surface area is 124 Å². The highest BCUT2D eigenvalue weighted by Crippen LogP contribution is 2.23. The number of carbonyl (C=O) groups excluding carboxylic acids is 2. The topological polar surface area (TPSA) is 83.7 Å². The summed E-state index contributed by atoms with van der Waals surface area (Å²) in [6.07, 6.45) is 0.882. The Hall–Kier alpha value is -1.18. The molecule has 3 aliphatic heterocycles. The number of ether oxygens (including phenoxy) is 3. The van der Waals surface area contributed by atoms with E-state index in [1.807, 2.05) is 13.8 Å². The van der Waals surface area contributed by atoms with Crippen molar-refractivity contribution in [1.82, 2.24) is 10.2 Å². The predicted molar refractivity (Wildman–Crippen MR) is 74.9 cm³/mol. The van der Waals surface area contributed by atoms with Crippen molar-refractivity contribution >= 4 is 11.9 Å². The summed E-state index contributed by atoms with van der Waals surface area (Å²) in [5.74, 6) is -0.238. The molecule has 0 saturated carbocycles. The van der Waals surface area contributed by atoms with E-state index in [4.69, 9.17) is 14.2 Å². The Morgan fingerprint density at radius 2 is 1.86 bits per heavy atom. The molecular weight excluding hydrogens is 276 g/mol. The van der Waals surface area contributed by atoms with E-state index in [2.05, 4.69) is 5.32 Å². The monoisotopic (exact) mass is 300 g/mol. The minimum absolute atomic E-state index is 0.121. The number of epoxide rings is 2. The standard InChI is InChI=1S/C8H12N2O3.C6H12O2/c1-8(2)6(11)9-7(12)10(8)3-5-4-13-5;1-5(2)7-3-6-4-8-6/h5H,3-4H2,1-2H3,(H,9,11,12);5-6H,3-4H2,1-2H3. The third-order valence-electron chi connectivity index (χ3n) is 3.50. The van der Waals surface area contributed by atoms with Gasteiger partial charge in [-0.2, -0.15) is 0 Å². The number of hydrogen-bond donors (Lipinski definition) is 1. The van der Waals surface area contributed by atoms with Gasteiger partial charge in [0.15, 0.2) is 0 Å². The average Bonchev–Trinajstić information content (AvgIpc) is 3.26. The third-order valence-corrected chi connectivity index (χ3v) is 3.50. The van der Waals surface area contributed by atoms with E-state index in [0.717, 1.165) is 13.2 Å². The molecule has 3 fully saturated rings. The summed E-state index contributed by atoms with van der Waals surface area (Å²) in [6.45, 7) is 10.4. The molecule has 2 atom stereocenters. The van der Waals surface area contributed by atoms with E-state index >= 15 is 0 Å². The number of nitrogens with one attached hydrogen (secondary N) is 1. The maximum Gasteiger partial charge on any atom is 0.325 e. The molecule has 0 aromatic rings. The zero-order valence-electron chi connectivity index (χ0n) is 13.0. The first-order valence-electron chi connectivity index (χ1n) is 7.28. The normalized spacial score (nSPS) is 29.1. The molecule has 0 aliphatic carbocycles. The number of nitrogens with zero attached hydrogens (tertiary/aromatic N) is 1. The van der Waals surface area contributed by atoms with Crippen molar-refractivity contribution in [2.75, 3.05) is 26.4 Å². The summed E-state index contributed by atoms with van der Waals surface area (Å²) >= 11 is 0. The van der Waals surface area contributed by atoms with Crippen molar-refractivity contribution in [1.29, 1.82) is 0 Å². The maximum absolute atomic E-state index is 11.3. The highest BCUT2D eigenvalue weighted by atomic mass is 16.6. The number of rotatable bonds is 5. The molecule has 120 valence electrons. The molecule has 0 bridgehead atoms. The predicted octanol–water partition coefficient (Wildman–Crippen LogP) is 0.526. The van der Waals surface area contributed by atoms with Gasteiger partial charge in [-0.15, -0.1) is 0 Å². The largest absolute Gasteiger partial charge is 0.376 e. The number of imide groups is 1. The van der Waals surface area contributed by atoms with E-state index in [1.54, 1.807) is 13.8 Å². The van der Waals surface area contributed by atoms with Crippen LogP contribution in [-0.2, 0) is 19.0 Å². The summed E-state index contributed by atoms with van der Waals surface area (Å²) in [5, 5.41) is 2.28. The molecule has 0 aromatic carbocycles. The molecule has 3 rings (SSSR count). The molecule has 0 spiro atoms. The molecule has 0 radical (unpaired) electrons. The Kier molecular flexibility index (Phi) is 4.85. The van der Waals surface area contributed by atoms with Crippen LogP contribution >= 0.6 is 0 Å². The Bertz CT molecular complexity index is 400. The smallest absolute Gasteiger partial charge is 0.325 e. The molecule has 7 heteroatoms. The second kappa shape index (κ2) is 6.29. The zero-order chi connectivity index (χ0) is 15.6. The molecule has 3 aliphatic rings. The molecular formula is C14H24N2O5. The van der Waals surface area contributed by atoms with Crippen LogP contribution in [0.4, 0.5) is 4.79 Å². The van der Waals surface area contributed by atoms with Crippen molar-refractivity contribution in [3.63, 3.8) is 0 Å². The Balaban J connectivity index is 0.000000173. The Morgan fingerprint density at radius 3 is 2.24 bits per heavy atom. The number of hydrogen-bond acceptors (Lipinski definition) is 5. The summed E-state index contributed by atoms with van der Waals surface area (Å²) in [7, 11) is 0. The molecule has 3 amide bonds. The highest BCUT2D eigenvalue weighted by molar-refractivity contribution is 6.06. The lowest BCUT2D eigenvalue weighted by Gasteiger charge is -2.26. The molecule has 1 N–H and O–H groups in total. The van der Waals surface area contributed by atoms with Crippen LogP contribution in [-0.4, -0.2) is 67.1 Å². The van der Waals surface area contributed by atoms with Crippen LogP contribution in [0.2, 0.25) is 0 Å². The first-order chi connectivity index (χ1) is 9.80. The van der Waals surface area contributed by atoms with Crippen LogP contribution in [0.15, 0.2) is 0 Å². The summed E-state index contributed by atoms with van der Waals surface area (Å²) < 4.78 is 15.2. The molecule has 7 nitrogen and oxygen atoms in total. The fourth-order valence-electron chi connectivity index (χ4n) is 1.85. The lowest BCUT2D eigenvalue weighted by Crippen LogP contribution is -2.45. The minimum atomic E-state index is -0.733. The van der Waals surface area contributed by atoms with Gasteiger partial charge in [0, 0.05) is 0 Å². The summed E-state index contributed by atoms with van der Waals surface area (Å²) in [6, 6.07) is -0.314. The van der Waals surface area contributed by atoms with Gasteiger partial charge in [0.05, 0.1) is 38.6 Å². The highest BCUT2D eigenvalue weighted by Gasteiger charge is 2.47. The number of urea groups is 1. The fourth-order valence-corrected chi connectivity index (χ4v) is 1.85. The van der Waals surface area contributed by atoms with Crippen LogP contribution < -0.4 is 5.32 Å². The summed E-state index contributed by atoms with van der Waals surface area (Å²) in [4.78, 5) is 24.1. The van der Waals surface area contributed by atoms with E-state index in [1.165, 1.54) is 4.90 Å². The van der Waals surface area contributed by atoms with E-state index < -0.39 is 5.54 Å². The average molecular weight is 300 g/mol. The molecule has 2 unspecified atom stereocenters. The first-order valence-corrected chi connectivity index (χ1v) is 7.28. The lowest BCUT2D eigenvalue weighted by molar-refractivity contribution is -0.125. The SMILES string of the molecule is CC(C)OCC1CO1.CC1(C)C(=O)NC(=O)N1CC1CO1. The van der Waals surface area contributed by atoms with Gasteiger partial charge < -0.3 is 19.1 Å². The Morgan fingerprint density at radius 1 is 1.29 bits per heavy atom. The van der Waals surface area contributed by atoms with E-state index in [0.29, 0.717) is 25.4 Å². The van der Waals surface area contributed by atoms with E-state index in [9.17, 15) is 9.59 Å². The third kappa shape index (κ3) is 4.66. The van der Waals surface area contributed by atoms with Crippen LogP contribution in [0.3, 0.4) is 0 Å². The van der Waals surface area contributed by atoms with Gasteiger partial charge in [0.1, 0.15) is 11.6 Å². The maximum atomic E-state index is 11.3. The van der Waals surface area contributed by atoms with Gasteiger partial charge in [0.25, 0.3) is 5.91 Å². The molecule has 3 heterocycles. The molecule has 3 saturated heterocycles. The first kappa shape index (κ1) is 16.2. The molecule has 21 heavy (non-hydrogen) atoms. The number of amides is 3. The van der Waals surface area contributed by atoms with Crippen LogP contribution in [0, 0.1) is 0 Å². The number of carbonyl (C=O) groups is 2. The van der Waals surface area contributed by atoms with Gasteiger partial charge in [-0.25, -0.2) is 4.79 Å². The van der Waals surface area contributed by atoms with Crippen molar-refractivity contribution in [2.45, 2.75) is 51.5 Å². The van der Waals surface area contributed by atoms with Gasteiger partial charge >= 0.3 is 6.03 Å². The quantitative estimate of drug-likeness (QED) is 0.591. The van der Waals surface area contributed by atoms with Crippen LogP contribution in [0.25, 0.3) is 0 Å². The van der Waals surface area contributed by atoms with Gasteiger partial charge in [-0.3, -0.25) is 10.1 Å². The van der Waals surface area contributed by atoms with Gasteiger partial charge in [0.2, 0.25) is 0 Å². The van der Waals surface area contributed by atoms with Crippen LogP contribution in [0.1, 0.15) is 27.7 Å². The summed E-state index contributed by atoms with van der Waals surface area (Å²) in [5.41, 5.74) is -0.733. The van der Waals surface area contributed by atoms with Crippen molar-refractivity contribution in [3.8, 4) is 0 Å². The van der Waals surface area contributed by atoms with Gasteiger partial charge in [-0.05, 0) is 27.7 Å². The van der Waals surface area contributed by atoms with Gasteiger partial charge in [-0.1, -0.05) is 0 Å².